The van der Waals surface area contributed by atoms with Crippen LogP contribution in [0.1, 0.15) is 5.89 Å². The maximum absolute atomic E-state index is 11.2. The van der Waals surface area contributed by atoms with Gasteiger partial charge in [-0.3, -0.25) is 0 Å². The summed E-state index contributed by atoms with van der Waals surface area (Å²) in [4.78, 5) is 12.7. The van der Waals surface area contributed by atoms with Crippen molar-refractivity contribution in [2.24, 2.45) is 0 Å². The van der Waals surface area contributed by atoms with Crippen LogP contribution in [0, 0.1) is 0 Å². The molecule has 0 aromatic carbocycles. The minimum atomic E-state index is -0.139. The van der Waals surface area contributed by atoms with Crippen LogP contribution in [0.25, 0.3) is 0 Å². The lowest BCUT2D eigenvalue weighted by Gasteiger charge is -2.11. The first kappa shape index (κ1) is 16.2. The van der Waals surface area contributed by atoms with E-state index in [0.717, 1.165) is 6.54 Å². The number of urea groups is 1. The van der Waals surface area contributed by atoms with E-state index in [9.17, 15) is 4.79 Å². The van der Waals surface area contributed by atoms with Crippen molar-refractivity contribution >= 4 is 12.0 Å². The molecule has 1 aromatic rings. The van der Waals surface area contributed by atoms with Crippen molar-refractivity contribution in [2.75, 3.05) is 52.8 Å². The average molecular weight is 286 g/mol. The lowest BCUT2D eigenvalue weighted by molar-refractivity contribution is 0.198. The number of rotatable bonds is 9. The lowest BCUT2D eigenvalue weighted by atomic mass is 10.6. The summed E-state index contributed by atoms with van der Waals surface area (Å²) in [5, 5.41) is 16.5. The van der Waals surface area contributed by atoms with E-state index in [-0.39, 0.29) is 6.03 Å². The standard InChI is InChI=1S/C11H22N6O3/c1-17(2)11(18)14-5-4-13-10-16-15-9(20-10)8-12-6-7-19-3/h12H,4-8H2,1-3H3,(H,13,16)(H,14,18). The number of hydrogen-bond donors (Lipinski definition) is 3. The summed E-state index contributed by atoms with van der Waals surface area (Å²) in [6.45, 7) is 2.83. The van der Waals surface area contributed by atoms with Gasteiger partial charge in [0.05, 0.1) is 13.2 Å². The Morgan fingerprint density at radius 3 is 2.80 bits per heavy atom. The van der Waals surface area contributed by atoms with Crippen LogP contribution in [0.3, 0.4) is 0 Å². The second-order valence-corrected chi connectivity index (χ2v) is 4.22. The first-order valence-electron chi connectivity index (χ1n) is 6.34. The average Bonchev–Trinajstić information content (AvgIpc) is 2.87. The smallest absolute Gasteiger partial charge is 0.316 e. The summed E-state index contributed by atoms with van der Waals surface area (Å²) >= 11 is 0. The molecule has 9 heteroatoms. The molecule has 1 aromatic heterocycles. The van der Waals surface area contributed by atoms with E-state index in [2.05, 4.69) is 26.1 Å². The zero-order valence-corrected chi connectivity index (χ0v) is 12.1. The monoisotopic (exact) mass is 286 g/mol. The number of ether oxygens (including phenoxy) is 1. The van der Waals surface area contributed by atoms with Crippen molar-refractivity contribution < 1.29 is 13.9 Å². The van der Waals surface area contributed by atoms with Crippen LogP contribution in [0.4, 0.5) is 10.8 Å². The molecule has 0 spiro atoms. The van der Waals surface area contributed by atoms with Gasteiger partial charge in [0.15, 0.2) is 0 Å². The van der Waals surface area contributed by atoms with E-state index < -0.39 is 0 Å². The van der Waals surface area contributed by atoms with Crippen molar-refractivity contribution in [1.82, 2.24) is 25.7 Å². The van der Waals surface area contributed by atoms with Gasteiger partial charge in [0, 0.05) is 40.8 Å². The summed E-state index contributed by atoms with van der Waals surface area (Å²) in [6, 6.07) is 0.202. The highest BCUT2D eigenvalue weighted by atomic mass is 16.5. The number of hydrogen-bond acceptors (Lipinski definition) is 7. The fraction of sp³-hybridized carbons (Fsp3) is 0.727. The van der Waals surface area contributed by atoms with Gasteiger partial charge in [-0.2, -0.15) is 0 Å². The normalized spacial score (nSPS) is 10.3. The molecule has 2 amide bonds. The number of anilines is 1. The molecular formula is C11H22N6O3. The Labute approximate surface area is 118 Å². The topological polar surface area (TPSA) is 105 Å². The zero-order chi connectivity index (χ0) is 14.8. The third-order valence-corrected chi connectivity index (χ3v) is 2.31. The zero-order valence-electron chi connectivity index (χ0n) is 12.1. The van der Waals surface area contributed by atoms with Gasteiger partial charge in [-0.25, -0.2) is 4.79 Å². The third kappa shape index (κ3) is 6.34. The van der Waals surface area contributed by atoms with Gasteiger partial charge in [0.2, 0.25) is 5.89 Å². The van der Waals surface area contributed by atoms with Gasteiger partial charge < -0.3 is 30.0 Å². The van der Waals surface area contributed by atoms with Crippen LogP contribution >= 0.6 is 0 Å². The lowest BCUT2D eigenvalue weighted by Crippen LogP contribution is -2.37. The Balaban J connectivity index is 2.15. The Morgan fingerprint density at radius 2 is 2.10 bits per heavy atom. The summed E-state index contributed by atoms with van der Waals surface area (Å²) in [6.07, 6.45) is 0. The minimum absolute atomic E-state index is 0.139. The molecule has 0 fully saturated rings. The molecular weight excluding hydrogens is 264 g/mol. The molecule has 0 aliphatic rings. The van der Waals surface area contributed by atoms with E-state index in [1.165, 1.54) is 4.90 Å². The Hall–Kier alpha value is -1.87. The van der Waals surface area contributed by atoms with Crippen molar-refractivity contribution in [3.05, 3.63) is 5.89 Å². The van der Waals surface area contributed by atoms with Crippen LogP contribution in [0.5, 0.6) is 0 Å². The first-order valence-corrected chi connectivity index (χ1v) is 6.34. The summed E-state index contributed by atoms with van der Waals surface area (Å²) in [7, 11) is 5.01. The molecule has 0 unspecified atom stereocenters. The van der Waals surface area contributed by atoms with Crippen LogP contribution in [-0.2, 0) is 11.3 Å². The minimum Gasteiger partial charge on any atom is -0.407 e. The van der Waals surface area contributed by atoms with Gasteiger partial charge in [0.1, 0.15) is 0 Å². The van der Waals surface area contributed by atoms with E-state index in [1.54, 1.807) is 21.2 Å². The summed E-state index contributed by atoms with van der Waals surface area (Å²) in [5.74, 6) is 0.501. The molecule has 1 heterocycles. The number of carbonyl (C=O) groups is 1. The molecule has 0 aliphatic carbocycles. The largest absolute Gasteiger partial charge is 0.407 e. The van der Waals surface area contributed by atoms with Gasteiger partial charge in [-0.15, -0.1) is 5.10 Å². The number of nitrogens with zero attached hydrogens (tertiary/aromatic N) is 3. The van der Waals surface area contributed by atoms with E-state index in [0.29, 0.717) is 38.1 Å². The van der Waals surface area contributed by atoms with Gasteiger partial charge in [0.25, 0.3) is 0 Å². The highest BCUT2D eigenvalue weighted by molar-refractivity contribution is 5.73. The third-order valence-electron chi connectivity index (χ3n) is 2.31. The van der Waals surface area contributed by atoms with Crippen LogP contribution in [-0.4, -0.2) is 68.6 Å². The highest BCUT2D eigenvalue weighted by Gasteiger charge is 2.05. The number of methoxy groups -OCH3 is 1. The SMILES string of the molecule is COCCNCc1nnc(NCCNC(=O)N(C)C)o1. The predicted octanol–water partition coefficient (Wildman–Crippen LogP) is -0.511. The van der Waals surface area contributed by atoms with Crippen molar-refractivity contribution in [3.8, 4) is 0 Å². The van der Waals surface area contributed by atoms with Crippen molar-refractivity contribution in [2.45, 2.75) is 6.54 Å². The second-order valence-electron chi connectivity index (χ2n) is 4.22. The van der Waals surface area contributed by atoms with E-state index in [1.807, 2.05) is 0 Å². The molecule has 0 atom stereocenters. The number of aromatic nitrogens is 2. The fourth-order valence-corrected chi connectivity index (χ4v) is 1.26. The Morgan fingerprint density at radius 1 is 1.30 bits per heavy atom. The summed E-state index contributed by atoms with van der Waals surface area (Å²) in [5.41, 5.74) is 0. The maximum Gasteiger partial charge on any atom is 0.316 e. The number of amides is 2. The molecule has 9 nitrogen and oxygen atoms in total. The highest BCUT2D eigenvalue weighted by Crippen LogP contribution is 2.03. The Kier molecular flexibility index (Phi) is 7.36. The van der Waals surface area contributed by atoms with E-state index >= 15 is 0 Å². The van der Waals surface area contributed by atoms with Crippen molar-refractivity contribution in [3.63, 3.8) is 0 Å². The molecule has 1 rings (SSSR count). The quantitative estimate of drug-likeness (QED) is 0.525. The number of nitrogens with one attached hydrogen (secondary N) is 3. The Bertz CT molecular complexity index is 395. The van der Waals surface area contributed by atoms with Crippen LogP contribution in [0.2, 0.25) is 0 Å². The van der Waals surface area contributed by atoms with Gasteiger partial charge >= 0.3 is 12.0 Å². The molecule has 0 saturated carbocycles. The van der Waals surface area contributed by atoms with Gasteiger partial charge in [-0.1, -0.05) is 5.10 Å². The number of carbonyl (C=O) groups excluding carboxylic acids is 1. The van der Waals surface area contributed by atoms with Crippen molar-refractivity contribution in [1.29, 1.82) is 0 Å². The van der Waals surface area contributed by atoms with Gasteiger partial charge in [-0.05, 0) is 0 Å². The predicted molar refractivity (Wildman–Crippen MR) is 73.5 cm³/mol. The summed E-state index contributed by atoms with van der Waals surface area (Å²) < 4.78 is 10.3. The molecule has 20 heavy (non-hydrogen) atoms. The van der Waals surface area contributed by atoms with Crippen LogP contribution < -0.4 is 16.0 Å². The molecule has 0 aliphatic heterocycles. The fourth-order valence-electron chi connectivity index (χ4n) is 1.26. The van der Waals surface area contributed by atoms with E-state index in [4.69, 9.17) is 9.15 Å². The molecule has 114 valence electrons. The second kappa shape index (κ2) is 9.10. The maximum atomic E-state index is 11.2. The molecule has 3 N–H and O–H groups in total. The molecule has 0 bridgehead atoms. The molecule has 0 radical (unpaired) electrons. The first-order chi connectivity index (χ1) is 9.63. The van der Waals surface area contributed by atoms with Crippen LogP contribution in [0.15, 0.2) is 4.42 Å². The molecule has 0 saturated heterocycles.